The van der Waals surface area contributed by atoms with Crippen molar-refractivity contribution in [3.8, 4) is 11.3 Å². The lowest BCUT2D eigenvalue weighted by Crippen LogP contribution is -2.43. The van der Waals surface area contributed by atoms with Gasteiger partial charge in [-0.2, -0.15) is 5.10 Å². The average Bonchev–Trinajstić information content (AvgIpc) is 3.14. The van der Waals surface area contributed by atoms with Crippen LogP contribution in [0.15, 0.2) is 67.6 Å². The average molecular weight is 331 g/mol. The zero-order valence-corrected chi connectivity index (χ0v) is 13.5. The molecule has 0 fully saturated rings. The van der Waals surface area contributed by atoms with Gasteiger partial charge in [-0.1, -0.05) is 18.2 Å². The fourth-order valence-corrected chi connectivity index (χ4v) is 3.11. The van der Waals surface area contributed by atoms with Crippen LogP contribution in [-0.2, 0) is 0 Å². The molecule has 6 heteroatoms. The molecule has 25 heavy (non-hydrogen) atoms. The molecular weight excluding hydrogens is 314 g/mol. The fraction of sp³-hybridized carbons (Fsp3) is 0.105. The van der Waals surface area contributed by atoms with E-state index in [0.29, 0.717) is 12.1 Å². The SMILES string of the molecule is C=CCN1C(=O)c2ccccc2N[C@H]1c1cn[nH]c1-c1cccnc1. The number of fused-ring (bicyclic) bond motifs is 1. The van der Waals surface area contributed by atoms with Crippen molar-refractivity contribution in [3.63, 3.8) is 0 Å². The second kappa shape index (κ2) is 6.24. The van der Waals surface area contributed by atoms with Gasteiger partial charge in [-0.05, 0) is 24.3 Å². The summed E-state index contributed by atoms with van der Waals surface area (Å²) in [6.07, 6.45) is 6.63. The van der Waals surface area contributed by atoms with Crippen LogP contribution < -0.4 is 5.32 Å². The highest BCUT2D eigenvalue weighted by Crippen LogP contribution is 2.36. The van der Waals surface area contributed by atoms with E-state index < -0.39 is 0 Å². The molecule has 0 bridgehead atoms. The molecule has 1 amide bonds. The van der Waals surface area contributed by atoms with Crippen LogP contribution in [0.2, 0.25) is 0 Å². The monoisotopic (exact) mass is 331 g/mol. The number of para-hydroxylation sites is 1. The third-order valence-electron chi connectivity index (χ3n) is 4.26. The highest BCUT2D eigenvalue weighted by atomic mass is 16.2. The Labute approximate surface area is 145 Å². The van der Waals surface area contributed by atoms with E-state index in [1.54, 1.807) is 29.6 Å². The van der Waals surface area contributed by atoms with Gasteiger partial charge in [0.15, 0.2) is 0 Å². The summed E-state index contributed by atoms with van der Waals surface area (Å²) in [7, 11) is 0. The van der Waals surface area contributed by atoms with Crippen LogP contribution in [0.1, 0.15) is 22.1 Å². The third kappa shape index (κ3) is 2.57. The number of hydrogen-bond donors (Lipinski definition) is 2. The molecule has 0 aliphatic carbocycles. The summed E-state index contributed by atoms with van der Waals surface area (Å²) in [5.41, 5.74) is 4.12. The van der Waals surface area contributed by atoms with Crippen LogP contribution >= 0.6 is 0 Å². The number of aromatic nitrogens is 3. The number of pyridine rings is 1. The van der Waals surface area contributed by atoms with Crippen LogP contribution in [0.25, 0.3) is 11.3 Å². The van der Waals surface area contributed by atoms with E-state index >= 15 is 0 Å². The van der Waals surface area contributed by atoms with Crippen molar-refractivity contribution in [3.05, 3.63) is 78.8 Å². The van der Waals surface area contributed by atoms with Gasteiger partial charge in [0, 0.05) is 35.8 Å². The summed E-state index contributed by atoms with van der Waals surface area (Å²) in [5, 5.41) is 10.7. The number of rotatable bonds is 4. The largest absolute Gasteiger partial charge is 0.361 e. The number of carbonyl (C=O) groups excluding carboxylic acids is 1. The fourth-order valence-electron chi connectivity index (χ4n) is 3.11. The Morgan fingerprint density at radius 1 is 1.20 bits per heavy atom. The summed E-state index contributed by atoms with van der Waals surface area (Å²) in [6.45, 7) is 4.22. The highest BCUT2D eigenvalue weighted by Gasteiger charge is 2.34. The molecule has 0 radical (unpaired) electrons. The molecule has 6 nitrogen and oxygen atoms in total. The summed E-state index contributed by atoms with van der Waals surface area (Å²) < 4.78 is 0. The number of H-pyrrole nitrogens is 1. The van der Waals surface area contributed by atoms with Crippen molar-refractivity contribution in [1.82, 2.24) is 20.1 Å². The van der Waals surface area contributed by atoms with Crippen molar-refractivity contribution in [2.45, 2.75) is 6.17 Å². The van der Waals surface area contributed by atoms with Gasteiger partial charge in [-0.3, -0.25) is 14.9 Å². The highest BCUT2D eigenvalue weighted by molar-refractivity contribution is 6.02. The van der Waals surface area contributed by atoms with E-state index in [9.17, 15) is 4.79 Å². The Hall–Kier alpha value is -3.41. The van der Waals surface area contributed by atoms with Gasteiger partial charge in [0.1, 0.15) is 6.17 Å². The molecule has 4 rings (SSSR count). The lowest BCUT2D eigenvalue weighted by atomic mass is 10.0. The van der Waals surface area contributed by atoms with E-state index in [4.69, 9.17) is 0 Å². The number of hydrogen-bond acceptors (Lipinski definition) is 4. The topological polar surface area (TPSA) is 73.9 Å². The Morgan fingerprint density at radius 3 is 2.88 bits per heavy atom. The predicted molar refractivity (Wildman–Crippen MR) is 95.9 cm³/mol. The molecule has 0 spiro atoms. The number of nitrogens with one attached hydrogen (secondary N) is 2. The maximum Gasteiger partial charge on any atom is 0.258 e. The van der Waals surface area contributed by atoms with E-state index in [2.05, 4.69) is 27.1 Å². The van der Waals surface area contributed by atoms with Crippen LogP contribution in [0.4, 0.5) is 5.69 Å². The van der Waals surface area contributed by atoms with Crippen LogP contribution in [0.5, 0.6) is 0 Å². The number of benzene rings is 1. The first-order valence-corrected chi connectivity index (χ1v) is 8.00. The van der Waals surface area contributed by atoms with Gasteiger partial charge in [0.05, 0.1) is 17.5 Å². The maximum atomic E-state index is 13.0. The molecule has 1 aliphatic heterocycles. The van der Waals surface area contributed by atoms with Gasteiger partial charge in [-0.25, -0.2) is 0 Å². The lowest BCUT2D eigenvalue weighted by molar-refractivity contribution is 0.0708. The van der Waals surface area contributed by atoms with Gasteiger partial charge in [0.2, 0.25) is 0 Å². The van der Waals surface area contributed by atoms with E-state index in [-0.39, 0.29) is 12.1 Å². The number of nitrogens with zero attached hydrogens (tertiary/aromatic N) is 3. The van der Waals surface area contributed by atoms with Crippen molar-refractivity contribution in [2.75, 3.05) is 11.9 Å². The van der Waals surface area contributed by atoms with Crippen LogP contribution in [0.3, 0.4) is 0 Å². The smallest absolute Gasteiger partial charge is 0.258 e. The van der Waals surface area contributed by atoms with E-state index in [0.717, 1.165) is 22.5 Å². The molecule has 1 aromatic carbocycles. The van der Waals surface area contributed by atoms with E-state index in [1.165, 1.54) is 0 Å². The van der Waals surface area contributed by atoms with Crippen LogP contribution in [0, 0.1) is 0 Å². The summed E-state index contributed by atoms with van der Waals surface area (Å²) in [5.74, 6) is -0.0300. The first-order valence-electron chi connectivity index (χ1n) is 8.00. The summed E-state index contributed by atoms with van der Waals surface area (Å²) in [4.78, 5) is 18.9. The molecule has 0 saturated carbocycles. The minimum Gasteiger partial charge on any atom is -0.361 e. The number of aromatic amines is 1. The molecule has 3 heterocycles. The summed E-state index contributed by atoms with van der Waals surface area (Å²) >= 11 is 0. The molecule has 0 unspecified atom stereocenters. The van der Waals surface area contributed by atoms with E-state index in [1.807, 2.05) is 36.4 Å². The molecule has 0 saturated heterocycles. The molecule has 124 valence electrons. The van der Waals surface area contributed by atoms with Crippen molar-refractivity contribution in [1.29, 1.82) is 0 Å². The van der Waals surface area contributed by atoms with Gasteiger partial charge in [0.25, 0.3) is 5.91 Å². The van der Waals surface area contributed by atoms with Gasteiger partial charge < -0.3 is 10.2 Å². The predicted octanol–water partition coefficient (Wildman–Crippen LogP) is 3.22. The molecule has 2 aromatic heterocycles. The van der Waals surface area contributed by atoms with Gasteiger partial charge >= 0.3 is 0 Å². The first-order chi connectivity index (χ1) is 12.3. The molecule has 2 N–H and O–H groups in total. The van der Waals surface area contributed by atoms with Crippen LogP contribution in [-0.4, -0.2) is 32.5 Å². The Balaban J connectivity index is 1.81. The Kier molecular flexibility index (Phi) is 3.78. The zero-order valence-electron chi connectivity index (χ0n) is 13.5. The molecule has 3 aromatic rings. The zero-order chi connectivity index (χ0) is 17.2. The minimum absolute atomic E-state index is 0.0300. The first kappa shape index (κ1) is 15.1. The number of amides is 1. The van der Waals surface area contributed by atoms with Crippen molar-refractivity contribution in [2.24, 2.45) is 0 Å². The standard InChI is InChI=1S/C19H17N5O/c1-2-10-24-18(22-16-8-4-3-7-14(16)19(24)25)15-12-21-23-17(15)13-6-5-9-20-11-13/h2-9,11-12,18,22H,1,10H2,(H,21,23)/t18-/m1/s1. The molecule has 1 aliphatic rings. The molecule has 1 atom stereocenters. The minimum atomic E-state index is -0.339. The summed E-state index contributed by atoms with van der Waals surface area (Å²) in [6, 6.07) is 11.3. The van der Waals surface area contributed by atoms with Gasteiger partial charge in [-0.15, -0.1) is 6.58 Å². The van der Waals surface area contributed by atoms with Crippen molar-refractivity contribution >= 4 is 11.6 Å². The normalized spacial score (nSPS) is 16.2. The van der Waals surface area contributed by atoms with Crippen molar-refractivity contribution < 1.29 is 4.79 Å². The number of anilines is 1. The molecular formula is C19H17N5O. The second-order valence-electron chi connectivity index (χ2n) is 5.78. The Morgan fingerprint density at radius 2 is 2.08 bits per heavy atom. The lowest BCUT2D eigenvalue weighted by Gasteiger charge is -2.37. The second-order valence-corrected chi connectivity index (χ2v) is 5.78. The third-order valence-corrected chi connectivity index (χ3v) is 4.26. The quantitative estimate of drug-likeness (QED) is 0.720. The Bertz CT molecular complexity index is 918. The number of carbonyl (C=O) groups is 1. The maximum absolute atomic E-state index is 13.0.